The zero-order chi connectivity index (χ0) is 23.1. The highest BCUT2D eigenvalue weighted by Crippen LogP contribution is 2.60. The first kappa shape index (κ1) is 20.9. The maximum absolute atomic E-state index is 14.1. The molecule has 3 unspecified atom stereocenters. The van der Waals surface area contributed by atoms with E-state index in [0.29, 0.717) is 45.4 Å². The molecule has 0 bridgehead atoms. The predicted molar refractivity (Wildman–Crippen MR) is 123 cm³/mol. The Labute approximate surface area is 196 Å². The zero-order valence-corrected chi connectivity index (χ0v) is 19.2. The van der Waals surface area contributed by atoms with Crippen LogP contribution in [-0.4, -0.2) is 53.0 Å². The molecule has 3 heterocycles. The Bertz CT molecular complexity index is 1200. The number of halogens is 2. The molecule has 2 saturated heterocycles. The zero-order valence-electron chi connectivity index (χ0n) is 18.5. The number of carbonyl (C=O) groups is 1. The van der Waals surface area contributed by atoms with Crippen LogP contribution in [0.2, 0.25) is 0 Å². The van der Waals surface area contributed by atoms with Crippen LogP contribution in [0.25, 0.3) is 0 Å². The van der Waals surface area contributed by atoms with E-state index >= 15 is 0 Å². The van der Waals surface area contributed by atoms with Crippen LogP contribution in [0.3, 0.4) is 0 Å². The van der Waals surface area contributed by atoms with Crippen molar-refractivity contribution in [3.8, 4) is 5.75 Å². The van der Waals surface area contributed by atoms with Crippen molar-refractivity contribution >= 4 is 28.9 Å². The smallest absolute Gasteiger partial charge is 0.258 e. The minimum absolute atomic E-state index is 0.00355. The van der Waals surface area contributed by atoms with E-state index in [1.807, 2.05) is 13.8 Å². The van der Waals surface area contributed by atoms with Gasteiger partial charge in [0, 0.05) is 41.3 Å². The predicted octanol–water partition coefficient (Wildman–Crippen LogP) is 3.32. The molecule has 1 aromatic rings. The van der Waals surface area contributed by atoms with Gasteiger partial charge in [-0.25, -0.2) is 9.38 Å². The molecular formula is C24H25ClFN5O2. The van der Waals surface area contributed by atoms with Crippen LogP contribution in [0, 0.1) is 17.1 Å². The Morgan fingerprint density at radius 3 is 2.88 bits per heavy atom. The van der Waals surface area contributed by atoms with Crippen LogP contribution in [0.1, 0.15) is 43.5 Å². The molecule has 4 atom stereocenters. The van der Waals surface area contributed by atoms with Crippen LogP contribution in [0.5, 0.6) is 5.75 Å². The molecule has 5 aliphatic rings. The first-order chi connectivity index (χ1) is 15.8. The van der Waals surface area contributed by atoms with Gasteiger partial charge in [0.1, 0.15) is 23.5 Å². The van der Waals surface area contributed by atoms with Gasteiger partial charge in [0.15, 0.2) is 0 Å². The fourth-order valence-electron chi connectivity index (χ4n) is 5.82. The van der Waals surface area contributed by atoms with Gasteiger partial charge < -0.3 is 25.7 Å². The second-order valence-electron chi connectivity index (χ2n) is 9.64. The van der Waals surface area contributed by atoms with Gasteiger partial charge in [0.05, 0.1) is 35.1 Å². The van der Waals surface area contributed by atoms with Crippen molar-refractivity contribution in [3.05, 3.63) is 51.7 Å². The Morgan fingerprint density at radius 2 is 2.18 bits per heavy atom. The number of carbonyl (C=O) groups excluding carboxylic acids is 1. The van der Waals surface area contributed by atoms with Gasteiger partial charge in [-0.15, -0.1) is 0 Å². The minimum atomic E-state index is -0.432. The lowest BCUT2D eigenvalue weighted by molar-refractivity contribution is 0.0709. The second kappa shape index (κ2) is 7.14. The van der Waals surface area contributed by atoms with Gasteiger partial charge in [0.25, 0.3) is 5.91 Å². The van der Waals surface area contributed by atoms with E-state index in [9.17, 15) is 9.18 Å². The Balaban J connectivity index is 1.24. The van der Waals surface area contributed by atoms with Gasteiger partial charge in [-0.3, -0.25) is 4.79 Å². The molecule has 33 heavy (non-hydrogen) atoms. The lowest BCUT2D eigenvalue weighted by Gasteiger charge is -2.37. The van der Waals surface area contributed by atoms with E-state index in [-0.39, 0.29) is 36.4 Å². The summed E-state index contributed by atoms with van der Waals surface area (Å²) < 4.78 is 20.4. The number of likely N-dealkylation sites (tertiary alicyclic amines) is 1. The van der Waals surface area contributed by atoms with E-state index in [1.165, 1.54) is 24.6 Å². The highest BCUT2D eigenvalue weighted by Gasteiger charge is 2.71. The number of aliphatic imine (C=N–C) groups is 1. The Kier molecular flexibility index (Phi) is 4.52. The molecule has 4 fully saturated rings. The molecule has 0 aromatic heterocycles. The molecule has 1 spiro atoms. The van der Waals surface area contributed by atoms with E-state index in [0.717, 1.165) is 18.5 Å². The summed E-state index contributed by atoms with van der Waals surface area (Å²) in [7, 11) is 0. The first-order valence-corrected chi connectivity index (χ1v) is 11.7. The van der Waals surface area contributed by atoms with Gasteiger partial charge >= 0.3 is 0 Å². The number of hydrogen-bond donors (Lipinski definition) is 3. The van der Waals surface area contributed by atoms with Gasteiger partial charge in [-0.2, -0.15) is 0 Å². The third-order valence-corrected chi connectivity index (χ3v) is 8.31. The minimum Gasteiger partial charge on any atom is -0.489 e. The molecule has 1 aromatic carbocycles. The summed E-state index contributed by atoms with van der Waals surface area (Å²) in [5.41, 5.74) is 2.95. The molecule has 0 radical (unpaired) electrons. The quantitative estimate of drug-likeness (QED) is 0.591. The molecular weight excluding hydrogens is 445 g/mol. The fraction of sp³-hybridized carbons (Fsp3) is 0.458. The molecule has 7 nitrogen and oxygen atoms in total. The Hall–Kier alpha value is -2.71. The summed E-state index contributed by atoms with van der Waals surface area (Å²) in [5, 5.41) is 15.7. The summed E-state index contributed by atoms with van der Waals surface area (Å²) >= 11 is 6.22. The van der Waals surface area contributed by atoms with Crippen LogP contribution >= 0.6 is 11.6 Å². The molecule has 9 heteroatoms. The molecule has 3 aliphatic heterocycles. The summed E-state index contributed by atoms with van der Waals surface area (Å²) in [6, 6.07) is 4.56. The molecule has 172 valence electrons. The van der Waals surface area contributed by atoms with E-state index in [4.69, 9.17) is 21.7 Å². The number of hydrogen-bond acceptors (Lipinski definition) is 6. The number of benzene rings is 1. The van der Waals surface area contributed by atoms with E-state index in [1.54, 1.807) is 4.90 Å². The van der Waals surface area contributed by atoms with Crippen molar-refractivity contribution < 1.29 is 13.9 Å². The summed E-state index contributed by atoms with van der Waals surface area (Å²) in [5.74, 6) is 0.538. The maximum Gasteiger partial charge on any atom is 0.258 e. The number of amides is 1. The average molecular weight is 470 g/mol. The SMILES string of the molecule is CC1=N/C(=C2\CN(C(=O)c3ccc(F)cc3O[C@@H]3CC4NC45CCC35)CC2=N)NC(C)=C1Cl. The first-order valence-electron chi connectivity index (χ1n) is 11.3. The molecule has 3 N–H and O–H groups in total. The molecule has 2 aliphatic carbocycles. The van der Waals surface area contributed by atoms with Crippen LogP contribution < -0.4 is 15.4 Å². The van der Waals surface area contributed by atoms with Gasteiger partial charge in [-0.1, -0.05) is 11.6 Å². The third-order valence-electron chi connectivity index (χ3n) is 7.75. The van der Waals surface area contributed by atoms with Crippen molar-refractivity contribution in [2.24, 2.45) is 10.9 Å². The number of rotatable bonds is 3. The van der Waals surface area contributed by atoms with Gasteiger partial charge in [0.2, 0.25) is 0 Å². The van der Waals surface area contributed by atoms with Crippen molar-refractivity contribution in [1.29, 1.82) is 5.41 Å². The summed E-state index contributed by atoms with van der Waals surface area (Å²) in [6.45, 7) is 4.05. The Morgan fingerprint density at radius 1 is 1.36 bits per heavy atom. The lowest BCUT2D eigenvalue weighted by atomic mass is 9.73. The standard InChI is InChI=1S/C24H25ClFN5O2/c1-11-21(25)12(2)29-22(28-11)15-9-31(10-17(15)27)23(32)14-4-3-13(26)7-18(14)33-19-8-20-24(30-20)6-5-16(19)24/h3-4,7,16,19-20,27-28,30H,5-6,8-10H2,1-2H3/b22-15+,27-17?/t16?,19-,20?,24?/m1/s1. The van der Waals surface area contributed by atoms with Crippen molar-refractivity contribution in [2.75, 3.05) is 13.1 Å². The van der Waals surface area contributed by atoms with Gasteiger partial charge in [-0.05, 0) is 38.8 Å². The number of nitrogens with one attached hydrogen (secondary N) is 3. The summed E-state index contributed by atoms with van der Waals surface area (Å²) in [4.78, 5) is 19.5. The molecule has 2 saturated carbocycles. The van der Waals surface area contributed by atoms with Crippen molar-refractivity contribution in [3.63, 3.8) is 0 Å². The normalized spacial score (nSPS) is 34.4. The largest absolute Gasteiger partial charge is 0.489 e. The van der Waals surface area contributed by atoms with Crippen LogP contribution in [0.15, 0.2) is 45.3 Å². The van der Waals surface area contributed by atoms with Crippen molar-refractivity contribution in [1.82, 2.24) is 15.5 Å². The molecule has 6 rings (SSSR count). The van der Waals surface area contributed by atoms with E-state index in [2.05, 4.69) is 15.6 Å². The third kappa shape index (κ3) is 3.14. The van der Waals surface area contributed by atoms with Crippen molar-refractivity contribution in [2.45, 2.75) is 50.8 Å². The second-order valence-corrected chi connectivity index (χ2v) is 10.0. The monoisotopic (exact) mass is 469 g/mol. The highest BCUT2D eigenvalue weighted by molar-refractivity contribution is 6.43. The van der Waals surface area contributed by atoms with Crippen LogP contribution in [0.4, 0.5) is 4.39 Å². The number of allylic oxidation sites excluding steroid dienone is 2. The number of nitrogens with zero attached hydrogens (tertiary/aromatic N) is 2. The number of piperidine rings is 1. The number of ether oxygens (including phenoxy) is 1. The maximum atomic E-state index is 14.1. The fourth-order valence-corrected chi connectivity index (χ4v) is 5.90. The van der Waals surface area contributed by atoms with Crippen LogP contribution in [-0.2, 0) is 0 Å². The highest BCUT2D eigenvalue weighted by atomic mass is 35.5. The lowest BCUT2D eigenvalue weighted by Crippen LogP contribution is -2.44. The topological polar surface area (TPSA) is 99.7 Å². The summed E-state index contributed by atoms with van der Waals surface area (Å²) in [6.07, 6.45) is 3.15. The average Bonchev–Trinajstić information content (AvgIpc) is 3.31. The molecule has 1 amide bonds. The van der Waals surface area contributed by atoms with E-state index < -0.39 is 5.82 Å².